The first-order valence-electron chi connectivity index (χ1n) is 7.74. The van der Waals surface area contributed by atoms with Gasteiger partial charge in [0, 0.05) is 11.9 Å². The summed E-state index contributed by atoms with van der Waals surface area (Å²) in [4.78, 5) is 13.9. The van der Waals surface area contributed by atoms with Gasteiger partial charge in [0.1, 0.15) is 11.8 Å². The fraction of sp³-hybridized carbons (Fsp3) is 0.471. The molecule has 1 amide bonds. The maximum atomic E-state index is 11.4. The number of piperidine rings is 1. The van der Waals surface area contributed by atoms with Crippen molar-refractivity contribution in [2.75, 3.05) is 19.6 Å². The molecule has 4 nitrogen and oxygen atoms in total. The Bertz CT molecular complexity index is 669. The minimum atomic E-state index is -0.430. The van der Waals surface area contributed by atoms with Gasteiger partial charge in [-0.1, -0.05) is 12.1 Å². The first-order valence-corrected chi connectivity index (χ1v) is 7.74. The summed E-state index contributed by atoms with van der Waals surface area (Å²) in [7, 11) is 0. The molecule has 1 aromatic heterocycles. The molecule has 5 rings (SSSR count). The molecular weight excluding hydrogens is 264 g/mol. The summed E-state index contributed by atoms with van der Waals surface area (Å²) >= 11 is 0. The standard InChI is InChI=1S/C17H20N2O2/c18-17(20)15-10-21-16-8-12(1-2-14(15)16)13-7-11-3-5-19(9-13)6-4-11/h1-2,8,10-11,13H,3-7,9H2,(H2,18,20)/t13-/m0/s1. The number of benzene rings is 1. The number of nitrogens with two attached hydrogens (primary N) is 1. The van der Waals surface area contributed by atoms with Crippen molar-refractivity contribution in [3.63, 3.8) is 0 Å². The normalized spacial score (nSPS) is 28.7. The predicted molar refractivity (Wildman–Crippen MR) is 81.3 cm³/mol. The summed E-state index contributed by atoms with van der Waals surface area (Å²) in [5.74, 6) is 1.01. The Hall–Kier alpha value is -1.81. The van der Waals surface area contributed by atoms with E-state index in [4.69, 9.17) is 10.2 Å². The number of fused-ring (bicyclic) bond motifs is 5. The van der Waals surface area contributed by atoms with Crippen LogP contribution in [0.5, 0.6) is 0 Å². The topological polar surface area (TPSA) is 59.5 Å². The smallest absolute Gasteiger partial charge is 0.252 e. The quantitative estimate of drug-likeness (QED) is 0.922. The molecule has 0 spiro atoms. The van der Waals surface area contributed by atoms with E-state index in [1.165, 1.54) is 44.2 Å². The van der Waals surface area contributed by atoms with Crippen molar-refractivity contribution < 1.29 is 9.21 Å². The minimum absolute atomic E-state index is 0.430. The molecule has 0 unspecified atom stereocenters. The molecule has 3 aliphatic rings. The molecule has 0 saturated carbocycles. The van der Waals surface area contributed by atoms with Crippen molar-refractivity contribution in [1.29, 1.82) is 0 Å². The largest absolute Gasteiger partial charge is 0.463 e. The van der Waals surface area contributed by atoms with Crippen molar-refractivity contribution in [1.82, 2.24) is 4.90 Å². The molecule has 0 radical (unpaired) electrons. The van der Waals surface area contributed by atoms with E-state index in [2.05, 4.69) is 17.0 Å². The lowest BCUT2D eigenvalue weighted by Gasteiger charge is -2.26. The number of hydrogen-bond donors (Lipinski definition) is 1. The Labute approximate surface area is 123 Å². The van der Waals surface area contributed by atoms with E-state index in [0.717, 1.165) is 23.4 Å². The van der Waals surface area contributed by atoms with Gasteiger partial charge in [0.15, 0.2) is 0 Å². The van der Waals surface area contributed by atoms with Crippen LogP contribution in [0.2, 0.25) is 0 Å². The highest BCUT2D eigenvalue weighted by molar-refractivity contribution is 6.05. The van der Waals surface area contributed by atoms with Crippen LogP contribution < -0.4 is 5.73 Å². The Morgan fingerprint density at radius 3 is 2.86 bits per heavy atom. The van der Waals surface area contributed by atoms with Crippen molar-refractivity contribution in [2.45, 2.75) is 25.2 Å². The second-order valence-corrected chi connectivity index (χ2v) is 6.45. The molecule has 1 aromatic carbocycles. The van der Waals surface area contributed by atoms with E-state index < -0.39 is 5.91 Å². The number of nitrogens with zero attached hydrogens (tertiary/aromatic N) is 1. The Kier molecular flexibility index (Phi) is 3.00. The Morgan fingerprint density at radius 2 is 2.10 bits per heavy atom. The zero-order valence-electron chi connectivity index (χ0n) is 12.0. The SMILES string of the molecule is NC(=O)c1coc2cc([C@H]3CC4CCN(CC4)C3)ccc12. The van der Waals surface area contributed by atoms with Crippen LogP contribution in [0, 0.1) is 5.92 Å². The van der Waals surface area contributed by atoms with E-state index in [1.54, 1.807) is 0 Å². The minimum Gasteiger partial charge on any atom is -0.463 e. The molecule has 110 valence electrons. The van der Waals surface area contributed by atoms with Crippen molar-refractivity contribution in [3.8, 4) is 0 Å². The second kappa shape index (κ2) is 4.88. The van der Waals surface area contributed by atoms with E-state index in [9.17, 15) is 4.79 Å². The van der Waals surface area contributed by atoms with Gasteiger partial charge in [0.05, 0.1) is 5.56 Å². The molecule has 3 aliphatic heterocycles. The van der Waals surface area contributed by atoms with Crippen molar-refractivity contribution >= 4 is 16.9 Å². The van der Waals surface area contributed by atoms with Crippen LogP contribution in [0.1, 0.15) is 41.1 Å². The number of primary amides is 1. The van der Waals surface area contributed by atoms with Gasteiger partial charge in [-0.15, -0.1) is 0 Å². The fourth-order valence-electron chi connectivity index (χ4n) is 3.92. The average molecular weight is 284 g/mol. The van der Waals surface area contributed by atoms with Crippen LogP contribution in [0.15, 0.2) is 28.9 Å². The fourth-order valence-corrected chi connectivity index (χ4v) is 3.92. The molecular formula is C17H20N2O2. The summed E-state index contributed by atoms with van der Waals surface area (Å²) in [6.45, 7) is 3.64. The molecule has 2 aromatic rings. The molecule has 4 heteroatoms. The van der Waals surface area contributed by atoms with E-state index in [0.29, 0.717) is 11.5 Å². The lowest BCUT2D eigenvalue weighted by atomic mass is 9.87. The molecule has 3 fully saturated rings. The summed E-state index contributed by atoms with van der Waals surface area (Å²) in [6.07, 6.45) is 5.42. The highest BCUT2D eigenvalue weighted by Gasteiger charge is 2.30. The average Bonchev–Trinajstić information content (AvgIpc) is 2.68. The van der Waals surface area contributed by atoms with Crippen LogP contribution in [0.3, 0.4) is 0 Å². The van der Waals surface area contributed by atoms with Gasteiger partial charge >= 0.3 is 0 Å². The van der Waals surface area contributed by atoms with Gasteiger partial charge in [-0.3, -0.25) is 4.79 Å². The highest BCUT2D eigenvalue weighted by Crippen LogP contribution is 2.36. The number of furan rings is 1. The molecule has 1 atom stereocenters. The molecule has 2 N–H and O–H groups in total. The summed E-state index contributed by atoms with van der Waals surface area (Å²) < 4.78 is 5.53. The van der Waals surface area contributed by atoms with Gasteiger partial charge in [0.2, 0.25) is 0 Å². The maximum Gasteiger partial charge on any atom is 0.252 e. The third kappa shape index (κ3) is 2.23. The maximum absolute atomic E-state index is 11.4. The van der Waals surface area contributed by atoms with Crippen LogP contribution >= 0.6 is 0 Å². The number of hydrogen-bond acceptors (Lipinski definition) is 3. The predicted octanol–water partition coefficient (Wildman–Crippen LogP) is 2.73. The van der Waals surface area contributed by atoms with Gasteiger partial charge in [0.25, 0.3) is 5.91 Å². The lowest BCUT2D eigenvalue weighted by molar-refractivity contribution is 0.100. The second-order valence-electron chi connectivity index (χ2n) is 6.45. The third-order valence-electron chi connectivity index (χ3n) is 5.14. The van der Waals surface area contributed by atoms with Crippen molar-refractivity contribution in [2.24, 2.45) is 11.7 Å². The van der Waals surface area contributed by atoms with E-state index in [1.807, 2.05) is 6.07 Å². The summed E-state index contributed by atoms with van der Waals surface area (Å²) in [5, 5.41) is 0.822. The van der Waals surface area contributed by atoms with Gasteiger partial charge in [-0.05, 0) is 55.8 Å². The number of carbonyl (C=O) groups is 1. The van der Waals surface area contributed by atoms with Crippen LogP contribution in [0.4, 0.5) is 0 Å². The Balaban J connectivity index is 1.69. The monoisotopic (exact) mass is 284 g/mol. The van der Waals surface area contributed by atoms with Crippen molar-refractivity contribution in [3.05, 3.63) is 35.6 Å². The van der Waals surface area contributed by atoms with Crippen LogP contribution in [0.25, 0.3) is 11.0 Å². The highest BCUT2D eigenvalue weighted by atomic mass is 16.3. The number of amides is 1. The first kappa shape index (κ1) is 12.9. The Morgan fingerprint density at radius 1 is 1.29 bits per heavy atom. The molecule has 21 heavy (non-hydrogen) atoms. The van der Waals surface area contributed by atoms with Gasteiger partial charge in [-0.2, -0.15) is 0 Å². The lowest BCUT2D eigenvalue weighted by Crippen LogP contribution is -2.31. The van der Waals surface area contributed by atoms with Gasteiger partial charge < -0.3 is 15.1 Å². The molecule has 0 aliphatic carbocycles. The van der Waals surface area contributed by atoms with E-state index >= 15 is 0 Å². The van der Waals surface area contributed by atoms with Crippen LogP contribution in [-0.4, -0.2) is 30.4 Å². The molecule has 2 bridgehead atoms. The van der Waals surface area contributed by atoms with E-state index in [-0.39, 0.29) is 0 Å². The molecule has 4 heterocycles. The van der Waals surface area contributed by atoms with Gasteiger partial charge in [-0.25, -0.2) is 0 Å². The number of carbonyl (C=O) groups excluding carboxylic acids is 1. The number of rotatable bonds is 2. The molecule has 3 saturated heterocycles. The van der Waals surface area contributed by atoms with Crippen LogP contribution in [-0.2, 0) is 0 Å². The zero-order valence-corrected chi connectivity index (χ0v) is 12.0. The third-order valence-corrected chi connectivity index (χ3v) is 5.14. The first-order chi connectivity index (χ1) is 10.2. The summed E-state index contributed by atoms with van der Waals surface area (Å²) in [6, 6.07) is 6.22. The summed E-state index contributed by atoms with van der Waals surface area (Å²) in [5.41, 5.74) is 7.94. The zero-order chi connectivity index (χ0) is 14.4.